The number of hydrogen-bond acceptors (Lipinski definition) is 1. The van der Waals surface area contributed by atoms with Crippen LogP contribution < -0.4 is 0 Å². The van der Waals surface area contributed by atoms with Crippen molar-refractivity contribution in [1.82, 2.24) is 0 Å². The van der Waals surface area contributed by atoms with Gasteiger partial charge in [0.05, 0.1) is 12.2 Å². The topological polar surface area (TPSA) is 9.23 Å². The van der Waals surface area contributed by atoms with Crippen LogP contribution in [-0.2, 0) is 11.2 Å². The standard InChI is InChI=1S/C27H34O/c1-18-12-20-14-19(2)27(3,23(13-18)15-20)28-17-26-24-10-6-4-8-21(24)16-22-9-5-7-11-25(22)26/h4-11,18-20,23,26H,12-17H2,1-3H3. The van der Waals surface area contributed by atoms with Gasteiger partial charge in [-0.05, 0) is 85.0 Å². The lowest BCUT2D eigenvalue weighted by atomic mass is 9.58. The molecule has 3 aliphatic carbocycles. The molecule has 2 fully saturated rings. The van der Waals surface area contributed by atoms with E-state index in [-0.39, 0.29) is 5.60 Å². The van der Waals surface area contributed by atoms with E-state index in [9.17, 15) is 0 Å². The second-order valence-corrected chi connectivity index (χ2v) is 10.1. The highest BCUT2D eigenvalue weighted by Crippen LogP contribution is 2.52. The molecular weight excluding hydrogens is 340 g/mol. The first-order valence-corrected chi connectivity index (χ1v) is 11.3. The monoisotopic (exact) mass is 374 g/mol. The lowest BCUT2D eigenvalue weighted by Gasteiger charge is -2.53. The maximum atomic E-state index is 6.97. The molecule has 3 aliphatic rings. The van der Waals surface area contributed by atoms with Gasteiger partial charge in [-0.1, -0.05) is 62.4 Å². The molecule has 0 radical (unpaired) electrons. The van der Waals surface area contributed by atoms with E-state index < -0.39 is 0 Å². The van der Waals surface area contributed by atoms with E-state index in [1.165, 1.54) is 47.9 Å². The average molecular weight is 375 g/mol. The summed E-state index contributed by atoms with van der Waals surface area (Å²) in [5, 5.41) is 0. The molecule has 0 heterocycles. The van der Waals surface area contributed by atoms with Gasteiger partial charge in [-0.2, -0.15) is 0 Å². The molecule has 0 aromatic heterocycles. The summed E-state index contributed by atoms with van der Waals surface area (Å²) in [6, 6.07) is 18.0. The van der Waals surface area contributed by atoms with E-state index in [1.54, 1.807) is 0 Å². The Balaban J connectivity index is 1.44. The Labute approximate surface area is 170 Å². The van der Waals surface area contributed by atoms with Gasteiger partial charge in [-0.15, -0.1) is 0 Å². The number of rotatable bonds is 3. The van der Waals surface area contributed by atoms with Gasteiger partial charge < -0.3 is 4.74 Å². The summed E-state index contributed by atoms with van der Waals surface area (Å²) in [5.41, 5.74) is 5.92. The van der Waals surface area contributed by atoms with E-state index >= 15 is 0 Å². The molecule has 0 N–H and O–H groups in total. The Morgan fingerprint density at radius 1 is 0.857 bits per heavy atom. The minimum Gasteiger partial charge on any atom is -0.374 e. The average Bonchev–Trinajstić information content (AvgIpc) is 2.69. The molecule has 148 valence electrons. The molecule has 2 saturated carbocycles. The maximum Gasteiger partial charge on any atom is 0.0708 e. The molecule has 1 nitrogen and oxygen atoms in total. The molecule has 2 aromatic carbocycles. The van der Waals surface area contributed by atoms with Gasteiger partial charge in [0, 0.05) is 5.92 Å². The summed E-state index contributed by atoms with van der Waals surface area (Å²) in [4.78, 5) is 0. The second kappa shape index (κ2) is 7.02. The minimum atomic E-state index is 0.0204. The maximum absolute atomic E-state index is 6.97. The normalized spacial score (nSPS) is 34.5. The summed E-state index contributed by atoms with van der Waals surface area (Å²) in [6.07, 6.45) is 6.55. The second-order valence-electron chi connectivity index (χ2n) is 10.1. The van der Waals surface area contributed by atoms with Crippen LogP contribution in [0.3, 0.4) is 0 Å². The van der Waals surface area contributed by atoms with E-state index in [4.69, 9.17) is 4.74 Å². The highest BCUT2D eigenvalue weighted by molar-refractivity contribution is 5.49. The predicted octanol–water partition coefficient (Wildman–Crippen LogP) is 6.59. The fraction of sp³-hybridized carbons (Fsp3) is 0.556. The number of hydrogen-bond donors (Lipinski definition) is 0. The third-order valence-corrected chi connectivity index (χ3v) is 8.32. The Morgan fingerprint density at radius 3 is 2.18 bits per heavy atom. The van der Waals surface area contributed by atoms with Gasteiger partial charge in [-0.3, -0.25) is 0 Å². The Kier molecular flexibility index (Phi) is 4.62. The van der Waals surface area contributed by atoms with Crippen LogP contribution in [-0.4, -0.2) is 12.2 Å². The molecule has 5 unspecified atom stereocenters. The number of fused-ring (bicyclic) bond motifs is 4. The van der Waals surface area contributed by atoms with Crippen molar-refractivity contribution < 1.29 is 4.74 Å². The third-order valence-electron chi connectivity index (χ3n) is 8.32. The summed E-state index contributed by atoms with van der Waals surface area (Å²) >= 11 is 0. The van der Waals surface area contributed by atoms with Gasteiger partial charge in [0.2, 0.25) is 0 Å². The summed E-state index contributed by atoms with van der Waals surface area (Å²) in [5.74, 6) is 3.52. The first-order valence-electron chi connectivity index (χ1n) is 11.3. The van der Waals surface area contributed by atoms with Gasteiger partial charge in [0.1, 0.15) is 0 Å². The Hall–Kier alpha value is -1.60. The molecule has 0 saturated heterocycles. The summed E-state index contributed by atoms with van der Waals surface area (Å²) < 4.78 is 6.97. The van der Waals surface area contributed by atoms with Crippen molar-refractivity contribution >= 4 is 0 Å². The SMILES string of the molecule is CC1CC2CC(C)C(C)(OCC3c4ccccc4Cc4ccccc43)C(C1)C2. The van der Waals surface area contributed by atoms with Crippen LogP contribution >= 0.6 is 0 Å². The Morgan fingerprint density at radius 2 is 1.50 bits per heavy atom. The molecule has 5 rings (SSSR count). The zero-order chi connectivity index (χ0) is 19.3. The van der Waals surface area contributed by atoms with Crippen molar-refractivity contribution in [1.29, 1.82) is 0 Å². The molecule has 2 aromatic rings. The van der Waals surface area contributed by atoms with Gasteiger partial charge in [-0.25, -0.2) is 0 Å². The van der Waals surface area contributed by atoms with Gasteiger partial charge >= 0.3 is 0 Å². The van der Waals surface area contributed by atoms with Crippen molar-refractivity contribution in [3.63, 3.8) is 0 Å². The molecule has 0 aliphatic heterocycles. The molecule has 1 heteroatoms. The quantitative estimate of drug-likeness (QED) is 0.589. The number of benzene rings is 2. The molecule has 0 amide bonds. The molecule has 2 bridgehead atoms. The van der Waals surface area contributed by atoms with Crippen molar-refractivity contribution in [3.05, 3.63) is 70.8 Å². The van der Waals surface area contributed by atoms with Crippen LogP contribution in [0, 0.1) is 23.7 Å². The lowest BCUT2D eigenvalue weighted by Crippen LogP contribution is -2.52. The zero-order valence-electron chi connectivity index (χ0n) is 17.7. The van der Waals surface area contributed by atoms with E-state index in [2.05, 4.69) is 69.3 Å². The first-order chi connectivity index (χ1) is 13.5. The predicted molar refractivity (Wildman–Crippen MR) is 116 cm³/mol. The fourth-order valence-corrected chi connectivity index (χ4v) is 6.69. The smallest absolute Gasteiger partial charge is 0.0708 e. The molecule has 0 spiro atoms. The molecule has 5 atom stereocenters. The lowest BCUT2D eigenvalue weighted by molar-refractivity contribution is -0.156. The van der Waals surface area contributed by atoms with Crippen LogP contribution in [0.5, 0.6) is 0 Å². The van der Waals surface area contributed by atoms with Crippen molar-refractivity contribution in [2.75, 3.05) is 6.61 Å². The van der Waals surface area contributed by atoms with Crippen molar-refractivity contribution in [2.24, 2.45) is 23.7 Å². The van der Waals surface area contributed by atoms with Gasteiger partial charge in [0.25, 0.3) is 0 Å². The van der Waals surface area contributed by atoms with Crippen molar-refractivity contribution in [3.8, 4) is 0 Å². The summed E-state index contributed by atoms with van der Waals surface area (Å²) in [7, 11) is 0. The fourth-order valence-electron chi connectivity index (χ4n) is 6.69. The van der Waals surface area contributed by atoms with Crippen LogP contribution in [0.15, 0.2) is 48.5 Å². The summed E-state index contributed by atoms with van der Waals surface area (Å²) in [6.45, 7) is 8.13. The number of ether oxygens (including phenoxy) is 1. The van der Waals surface area contributed by atoms with Crippen LogP contribution in [0.1, 0.15) is 74.6 Å². The molecule has 28 heavy (non-hydrogen) atoms. The Bertz CT molecular complexity index is 805. The zero-order valence-corrected chi connectivity index (χ0v) is 17.7. The highest BCUT2D eigenvalue weighted by atomic mass is 16.5. The van der Waals surface area contributed by atoms with E-state index in [0.29, 0.717) is 11.8 Å². The first kappa shape index (κ1) is 18.4. The molecular formula is C27H34O. The van der Waals surface area contributed by atoms with E-state index in [1.807, 2.05) is 0 Å². The minimum absolute atomic E-state index is 0.0204. The van der Waals surface area contributed by atoms with Crippen molar-refractivity contribution in [2.45, 2.75) is 64.4 Å². The third kappa shape index (κ3) is 3.03. The van der Waals surface area contributed by atoms with Crippen LogP contribution in [0.2, 0.25) is 0 Å². The van der Waals surface area contributed by atoms with E-state index in [0.717, 1.165) is 30.8 Å². The van der Waals surface area contributed by atoms with Gasteiger partial charge in [0.15, 0.2) is 0 Å². The van der Waals surface area contributed by atoms with Crippen LogP contribution in [0.4, 0.5) is 0 Å². The highest BCUT2D eigenvalue weighted by Gasteiger charge is 2.49. The largest absolute Gasteiger partial charge is 0.374 e. The van der Waals surface area contributed by atoms with Crippen LogP contribution in [0.25, 0.3) is 0 Å².